The zero-order valence-electron chi connectivity index (χ0n) is 23.1. The molecule has 7 heteroatoms. The molecular weight excluding hydrogens is 490 g/mol. The second-order valence-electron chi connectivity index (χ2n) is 9.39. The molecule has 1 heterocycles. The standard InChI is InChI=1S/C32H37N3O4/c1-5-10-24-15-18-29(30(21-24)38-4)39-20-9-8-19-35-28-12-7-6-11-27(28)34-32(35)23(2)33-31(36)22-25-13-16-26(37-3)17-14-25/h5-7,10-18,21,23H,8-9,19-20,22H2,1-4H3,(H,33,36)/b10-5+. The van der Waals surface area contributed by atoms with Crippen molar-refractivity contribution in [2.75, 3.05) is 20.8 Å². The molecule has 1 N–H and O–H groups in total. The normalized spacial score (nSPS) is 12.0. The topological polar surface area (TPSA) is 74.6 Å². The van der Waals surface area contributed by atoms with Crippen molar-refractivity contribution in [2.24, 2.45) is 0 Å². The SMILES string of the molecule is C/C=C/c1ccc(OCCCCn2c(C(C)NC(=O)Cc3ccc(OC)cc3)nc3ccccc32)c(OC)c1. The van der Waals surface area contributed by atoms with Crippen molar-refractivity contribution >= 4 is 23.0 Å². The number of unbranched alkanes of at least 4 members (excludes halogenated alkanes) is 1. The number of aryl methyl sites for hydroxylation is 1. The van der Waals surface area contributed by atoms with Gasteiger partial charge in [-0.15, -0.1) is 0 Å². The lowest BCUT2D eigenvalue weighted by Crippen LogP contribution is -2.30. The van der Waals surface area contributed by atoms with E-state index in [-0.39, 0.29) is 11.9 Å². The van der Waals surface area contributed by atoms with Crippen LogP contribution in [-0.4, -0.2) is 36.3 Å². The summed E-state index contributed by atoms with van der Waals surface area (Å²) in [5.74, 6) is 3.05. The van der Waals surface area contributed by atoms with Gasteiger partial charge >= 0.3 is 0 Å². The molecule has 0 aliphatic heterocycles. The maximum atomic E-state index is 12.8. The van der Waals surface area contributed by atoms with Crippen LogP contribution in [0.3, 0.4) is 0 Å². The maximum Gasteiger partial charge on any atom is 0.224 e. The average Bonchev–Trinajstić information content (AvgIpc) is 3.32. The van der Waals surface area contributed by atoms with Gasteiger partial charge in [0.15, 0.2) is 11.5 Å². The molecule has 0 fully saturated rings. The number of nitrogens with zero attached hydrogens (tertiary/aromatic N) is 2. The number of carbonyl (C=O) groups excluding carboxylic acids is 1. The van der Waals surface area contributed by atoms with E-state index < -0.39 is 0 Å². The maximum absolute atomic E-state index is 12.8. The largest absolute Gasteiger partial charge is 0.497 e. The average molecular weight is 528 g/mol. The molecule has 39 heavy (non-hydrogen) atoms. The summed E-state index contributed by atoms with van der Waals surface area (Å²) < 4.78 is 18.9. The summed E-state index contributed by atoms with van der Waals surface area (Å²) in [6.07, 6.45) is 6.09. The van der Waals surface area contributed by atoms with Crippen molar-refractivity contribution in [3.63, 3.8) is 0 Å². The Morgan fingerprint density at radius 1 is 1.00 bits per heavy atom. The lowest BCUT2D eigenvalue weighted by molar-refractivity contribution is -0.121. The first-order chi connectivity index (χ1) is 19.0. The minimum absolute atomic E-state index is 0.0472. The summed E-state index contributed by atoms with van der Waals surface area (Å²) in [6, 6.07) is 21.3. The quantitative estimate of drug-likeness (QED) is 0.205. The van der Waals surface area contributed by atoms with Gasteiger partial charge in [-0.05, 0) is 74.2 Å². The molecule has 0 saturated heterocycles. The number of rotatable bonds is 13. The second kappa shape index (κ2) is 13.5. The van der Waals surface area contributed by atoms with Gasteiger partial charge in [-0.2, -0.15) is 0 Å². The molecule has 3 aromatic carbocycles. The summed E-state index contributed by atoms with van der Waals surface area (Å²) in [5.41, 5.74) is 3.99. The third-order valence-corrected chi connectivity index (χ3v) is 6.55. The van der Waals surface area contributed by atoms with Crippen LogP contribution >= 0.6 is 0 Å². The van der Waals surface area contributed by atoms with Crippen LogP contribution in [0.2, 0.25) is 0 Å². The van der Waals surface area contributed by atoms with E-state index in [1.54, 1.807) is 14.2 Å². The first kappa shape index (κ1) is 27.8. The summed E-state index contributed by atoms with van der Waals surface area (Å²) in [5, 5.41) is 3.13. The van der Waals surface area contributed by atoms with Gasteiger partial charge in [0.25, 0.3) is 0 Å². The fourth-order valence-electron chi connectivity index (χ4n) is 4.60. The van der Waals surface area contributed by atoms with Gasteiger partial charge in [0.05, 0.1) is 44.3 Å². The van der Waals surface area contributed by atoms with E-state index in [4.69, 9.17) is 19.2 Å². The van der Waals surface area contributed by atoms with Crippen molar-refractivity contribution in [2.45, 2.75) is 45.7 Å². The van der Waals surface area contributed by atoms with Crippen LogP contribution in [-0.2, 0) is 17.8 Å². The van der Waals surface area contributed by atoms with Crippen LogP contribution in [0.1, 0.15) is 49.7 Å². The molecule has 0 radical (unpaired) electrons. The third-order valence-electron chi connectivity index (χ3n) is 6.55. The molecule has 0 spiro atoms. The van der Waals surface area contributed by atoms with E-state index in [1.165, 1.54) is 0 Å². The summed E-state index contributed by atoms with van der Waals surface area (Å²) >= 11 is 0. The zero-order chi connectivity index (χ0) is 27.6. The monoisotopic (exact) mass is 527 g/mol. The van der Waals surface area contributed by atoms with Crippen LogP contribution in [0, 0.1) is 0 Å². The van der Waals surface area contributed by atoms with Gasteiger partial charge in [0, 0.05) is 6.54 Å². The van der Waals surface area contributed by atoms with Gasteiger partial charge < -0.3 is 24.1 Å². The highest BCUT2D eigenvalue weighted by Crippen LogP contribution is 2.29. The molecule has 204 valence electrons. The first-order valence-electron chi connectivity index (χ1n) is 13.3. The zero-order valence-corrected chi connectivity index (χ0v) is 23.1. The van der Waals surface area contributed by atoms with E-state index in [9.17, 15) is 4.79 Å². The smallest absolute Gasteiger partial charge is 0.224 e. The number of benzene rings is 3. The highest BCUT2D eigenvalue weighted by Gasteiger charge is 2.18. The Labute approximate surface area is 230 Å². The van der Waals surface area contributed by atoms with Gasteiger partial charge in [-0.1, -0.05) is 42.5 Å². The van der Waals surface area contributed by atoms with Gasteiger partial charge in [0.1, 0.15) is 11.6 Å². The van der Waals surface area contributed by atoms with Crippen LogP contribution < -0.4 is 19.5 Å². The molecule has 1 aromatic heterocycles. The number of nitrogens with one attached hydrogen (secondary N) is 1. The molecule has 4 rings (SSSR count). The van der Waals surface area contributed by atoms with E-state index in [0.29, 0.717) is 13.0 Å². The molecule has 0 aliphatic rings. The molecular formula is C32H37N3O4. The lowest BCUT2D eigenvalue weighted by Gasteiger charge is -2.17. The molecule has 4 aromatic rings. The van der Waals surface area contributed by atoms with E-state index >= 15 is 0 Å². The Morgan fingerprint density at radius 3 is 2.54 bits per heavy atom. The molecule has 0 aliphatic carbocycles. The number of aromatic nitrogens is 2. The molecule has 0 saturated carbocycles. The van der Waals surface area contributed by atoms with Crippen LogP contribution in [0.4, 0.5) is 0 Å². The molecule has 1 amide bonds. The van der Waals surface area contributed by atoms with E-state index in [2.05, 4.69) is 16.0 Å². The Balaban J connectivity index is 1.37. The number of methoxy groups -OCH3 is 2. The van der Waals surface area contributed by atoms with Crippen LogP contribution in [0.5, 0.6) is 17.2 Å². The van der Waals surface area contributed by atoms with Gasteiger partial charge in [0.2, 0.25) is 5.91 Å². The fourth-order valence-corrected chi connectivity index (χ4v) is 4.60. The number of ether oxygens (including phenoxy) is 3. The molecule has 0 bridgehead atoms. The second-order valence-corrected chi connectivity index (χ2v) is 9.39. The highest BCUT2D eigenvalue weighted by atomic mass is 16.5. The Hall–Kier alpha value is -4.26. The summed E-state index contributed by atoms with van der Waals surface area (Å²) in [4.78, 5) is 17.7. The van der Waals surface area contributed by atoms with Gasteiger partial charge in [-0.3, -0.25) is 4.79 Å². The van der Waals surface area contributed by atoms with Crippen molar-refractivity contribution in [3.8, 4) is 17.2 Å². The van der Waals surface area contributed by atoms with Crippen molar-refractivity contribution in [1.82, 2.24) is 14.9 Å². The lowest BCUT2D eigenvalue weighted by atomic mass is 10.1. The highest BCUT2D eigenvalue weighted by molar-refractivity contribution is 5.79. The van der Waals surface area contributed by atoms with Crippen LogP contribution in [0.15, 0.2) is 72.8 Å². The Kier molecular flexibility index (Phi) is 9.62. The molecule has 1 atom stereocenters. The van der Waals surface area contributed by atoms with Crippen LogP contribution in [0.25, 0.3) is 17.1 Å². The number of para-hydroxylation sites is 2. The van der Waals surface area contributed by atoms with Crippen molar-refractivity contribution < 1.29 is 19.0 Å². The number of fused-ring (bicyclic) bond motifs is 1. The predicted octanol–water partition coefficient (Wildman–Crippen LogP) is 6.37. The number of imidazole rings is 1. The number of allylic oxidation sites excluding steroid dienone is 1. The number of hydrogen-bond acceptors (Lipinski definition) is 5. The summed E-state index contributed by atoms with van der Waals surface area (Å²) in [6.45, 7) is 5.32. The third kappa shape index (κ3) is 7.19. The van der Waals surface area contributed by atoms with Crippen molar-refractivity contribution in [1.29, 1.82) is 0 Å². The van der Waals surface area contributed by atoms with Gasteiger partial charge in [-0.25, -0.2) is 4.98 Å². The molecule has 1 unspecified atom stereocenters. The predicted molar refractivity (Wildman–Crippen MR) is 155 cm³/mol. The van der Waals surface area contributed by atoms with Crippen molar-refractivity contribution in [3.05, 3.63) is 89.8 Å². The minimum Gasteiger partial charge on any atom is -0.497 e. The fraction of sp³-hybridized carbons (Fsp3) is 0.312. The first-order valence-corrected chi connectivity index (χ1v) is 13.3. The molecule has 7 nitrogen and oxygen atoms in total. The Morgan fingerprint density at radius 2 is 1.79 bits per heavy atom. The number of carbonyl (C=O) groups is 1. The number of amides is 1. The summed E-state index contributed by atoms with van der Waals surface area (Å²) in [7, 11) is 3.29. The van der Waals surface area contributed by atoms with E-state index in [1.807, 2.05) is 86.7 Å². The van der Waals surface area contributed by atoms with E-state index in [0.717, 1.165) is 64.6 Å². The number of hydrogen-bond donors (Lipinski definition) is 1. The Bertz CT molecular complexity index is 1410. The minimum atomic E-state index is -0.237.